The molecule has 0 saturated carbocycles. The number of anilines is 1. The van der Waals surface area contributed by atoms with Crippen molar-refractivity contribution in [3.63, 3.8) is 0 Å². The third-order valence-corrected chi connectivity index (χ3v) is 3.42. The molecule has 106 valence electrons. The van der Waals surface area contributed by atoms with Gasteiger partial charge in [-0.2, -0.15) is 0 Å². The van der Waals surface area contributed by atoms with E-state index in [1.807, 2.05) is 35.0 Å². The molecule has 1 N–H and O–H groups in total. The normalized spacial score (nSPS) is 10.6. The lowest BCUT2D eigenvalue weighted by atomic mass is 10.2. The average Bonchev–Trinajstić information content (AvgIpc) is 3.03. The van der Waals surface area contributed by atoms with Gasteiger partial charge in [0.25, 0.3) is 0 Å². The average molecular weight is 302 g/mol. The second-order valence-electron chi connectivity index (χ2n) is 4.62. The van der Waals surface area contributed by atoms with Gasteiger partial charge >= 0.3 is 0 Å². The minimum Gasteiger partial charge on any atom is -0.381 e. The summed E-state index contributed by atoms with van der Waals surface area (Å²) >= 11 is 5.78. The van der Waals surface area contributed by atoms with Gasteiger partial charge in [-0.1, -0.05) is 23.7 Å². The van der Waals surface area contributed by atoms with Crippen LogP contribution in [0, 0.1) is 5.82 Å². The van der Waals surface area contributed by atoms with E-state index >= 15 is 0 Å². The van der Waals surface area contributed by atoms with E-state index in [0.717, 1.165) is 16.9 Å². The summed E-state index contributed by atoms with van der Waals surface area (Å²) in [6, 6.07) is 12.7. The van der Waals surface area contributed by atoms with Crippen LogP contribution in [0.25, 0.3) is 5.69 Å². The molecule has 0 atom stereocenters. The molecule has 0 amide bonds. The smallest absolute Gasteiger partial charge is 0.141 e. The number of hydrogen-bond donors (Lipinski definition) is 1. The van der Waals surface area contributed by atoms with Gasteiger partial charge in [-0.3, -0.25) is 0 Å². The van der Waals surface area contributed by atoms with E-state index in [-0.39, 0.29) is 5.02 Å². The van der Waals surface area contributed by atoms with Gasteiger partial charge in [-0.15, -0.1) is 0 Å². The minimum atomic E-state index is -0.400. The predicted molar refractivity (Wildman–Crippen MR) is 82.3 cm³/mol. The highest BCUT2D eigenvalue weighted by Gasteiger charge is 2.02. The lowest BCUT2D eigenvalue weighted by Gasteiger charge is -2.09. The maximum absolute atomic E-state index is 13.1. The number of nitrogens with zero attached hydrogens (tertiary/aromatic N) is 2. The van der Waals surface area contributed by atoms with E-state index in [4.69, 9.17) is 11.6 Å². The Balaban J connectivity index is 1.73. The Morgan fingerprint density at radius 2 is 2.10 bits per heavy atom. The van der Waals surface area contributed by atoms with Crippen LogP contribution < -0.4 is 5.32 Å². The van der Waals surface area contributed by atoms with Crippen molar-refractivity contribution in [1.82, 2.24) is 9.55 Å². The van der Waals surface area contributed by atoms with Crippen molar-refractivity contribution in [2.75, 3.05) is 5.32 Å². The fourth-order valence-electron chi connectivity index (χ4n) is 2.04. The molecule has 0 radical (unpaired) electrons. The van der Waals surface area contributed by atoms with Crippen molar-refractivity contribution in [3.05, 3.63) is 77.6 Å². The Labute approximate surface area is 127 Å². The molecule has 5 heteroatoms. The van der Waals surface area contributed by atoms with Gasteiger partial charge in [0.05, 0.1) is 11.3 Å². The van der Waals surface area contributed by atoms with E-state index in [1.54, 1.807) is 24.7 Å². The van der Waals surface area contributed by atoms with E-state index in [1.165, 1.54) is 6.07 Å². The molecule has 0 bridgehead atoms. The van der Waals surface area contributed by atoms with Crippen molar-refractivity contribution in [1.29, 1.82) is 0 Å². The number of hydrogen-bond acceptors (Lipinski definition) is 2. The molecule has 3 nitrogen and oxygen atoms in total. The zero-order valence-electron chi connectivity index (χ0n) is 11.1. The molecule has 0 fully saturated rings. The van der Waals surface area contributed by atoms with Crippen LogP contribution in [-0.4, -0.2) is 9.55 Å². The molecule has 2 aromatic carbocycles. The Morgan fingerprint density at radius 3 is 2.86 bits per heavy atom. The maximum Gasteiger partial charge on any atom is 0.141 e. The number of benzene rings is 2. The molecule has 0 unspecified atom stereocenters. The molecule has 3 rings (SSSR count). The fourth-order valence-corrected chi connectivity index (χ4v) is 2.25. The van der Waals surface area contributed by atoms with E-state index in [2.05, 4.69) is 10.3 Å². The summed E-state index contributed by atoms with van der Waals surface area (Å²) in [5.41, 5.74) is 2.92. The zero-order chi connectivity index (χ0) is 14.7. The van der Waals surface area contributed by atoms with E-state index in [9.17, 15) is 4.39 Å². The molecule has 0 aliphatic carbocycles. The molecule has 0 aliphatic heterocycles. The first-order valence-electron chi connectivity index (χ1n) is 6.48. The van der Waals surface area contributed by atoms with Crippen molar-refractivity contribution in [2.24, 2.45) is 0 Å². The van der Waals surface area contributed by atoms with E-state index in [0.29, 0.717) is 6.54 Å². The van der Waals surface area contributed by atoms with Crippen molar-refractivity contribution in [3.8, 4) is 5.69 Å². The molecule has 1 aromatic heterocycles. The Kier molecular flexibility index (Phi) is 3.88. The van der Waals surface area contributed by atoms with Gasteiger partial charge in [0.2, 0.25) is 0 Å². The molecule has 0 aliphatic rings. The number of rotatable bonds is 4. The summed E-state index contributed by atoms with van der Waals surface area (Å²) in [7, 11) is 0. The summed E-state index contributed by atoms with van der Waals surface area (Å²) in [6.45, 7) is 0.577. The Hall–Kier alpha value is -2.33. The van der Waals surface area contributed by atoms with E-state index < -0.39 is 5.82 Å². The van der Waals surface area contributed by atoms with Crippen molar-refractivity contribution < 1.29 is 4.39 Å². The van der Waals surface area contributed by atoms with Gasteiger partial charge in [0.1, 0.15) is 5.82 Å². The van der Waals surface area contributed by atoms with Crippen LogP contribution in [0.2, 0.25) is 5.02 Å². The second-order valence-corrected chi connectivity index (χ2v) is 5.03. The summed E-state index contributed by atoms with van der Waals surface area (Å²) in [5.74, 6) is -0.400. The van der Waals surface area contributed by atoms with Crippen LogP contribution in [-0.2, 0) is 6.54 Å². The molecule has 3 aromatic rings. The molecule has 0 saturated heterocycles. The van der Waals surface area contributed by atoms with Gasteiger partial charge in [0, 0.05) is 30.3 Å². The SMILES string of the molecule is Fc1ccc(CNc2cccc(-n3ccnc3)c2)cc1Cl. The molecular weight excluding hydrogens is 289 g/mol. The third kappa shape index (κ3) is 3.23. The van der Waals surface area contributed by atoms with Crippen LogP contribution in [0.1, 0.15) is 5.56 Å². The van der Waals surface area contributed by atoms with Gasteiger partial charge < -0.3 is 9.88 Å². The number of halogens is 2. The summed E-state index contributed by atoms with van der Waals surface area (Å²) < 4.78 is 15.0. The van der Waals surface area contributed by atoms with Crippen LogP contribution in [0.4, 0.5) is 10.1 Å². The maximum atomic E-state index is 13.1. The van der Waals surface area contributed by atoms with Gasteiger partial charge in [0.15, 0.2) is 0 Å². The molecule has 0 spiro atoms. The Bertz CT molecular complexity index is 741. The standard InChI is InChI=1S/C16H13ClFN3/c17-15-8-12(4-5-16(15)18)10-20-13-2-1-3-14(9-13)21-7-6-19-11-21/h1-9,11,20H,10H2. The second kappa shape index (κ2) is 5.97. The highest BCUT2D eigenvalue weighted by Crippen LogP contribution is 2.18. The highest BCUT2D eigenvalue weighted by atomic mass is 35.5. The third-order valence-electron chi connectivity index (χ3n) is 3.13. The zero-order valence-corrected chi connectivity index (χ0v) is 11.9. The topological polar surface area (TPSA) is 29.9 Å². The summed E-state index contributed by atoms with van der Waals surface area (Å²) in [6.07, 6.45) is 5.37. The van der Waals surface area contributed by atoms with Crippen LogP contribution in [0.3, 0.4) is 0 Å². The lowest BCUT2D eigenvalue weighted by Crippen LogP contribution is -2.00. The minimum absolute atomic E-state index is 0.140. The largest absolute Gasteiger partial charge is 0.381 e. The monoisotopic (exact) mass is 301 g/mol. The van der Waals surface area contributed by atoms with Crippen molar-refractivity contribution >= 4 is 17.3 Å². The highest BCUT2D eigenvalue weighted by molar-refractivity contribution is 6.30. The molecular formula is C16H13ClFN3. The quantitative estimate of drug-likeness (QED) is 0.779. The lowest BCUT2D eigenvalue weighted by molar-refractivity contribution is 0.627. The Morgan fingerprint density at radius 1 is 1.19 bits per heavy atom. The first-order chi connectivity index (χ1) is 10.2. The fraction of sp³-hybridized carbons (Fsp3) is 0.0625. The van der Waals surface area contributed by atoms with Crippen LogP contribution in [0.5, 0.6) is 0 Å². The van der Waals surface area contributed by atoms with Crippen LogP contribution in [0.15, 0.2) is 61.2 Å². The number of imidazole rings is 1. The predicted octanol–water partition coefficient (Wildman–Crippen LogP) is 4.28. The summed E-state index contributed by atoms with van der Waals surface area (Å²) in [5, 5.41) is 3.44. The molecule has 1 heterocycles. The summed E-state index contributed by atoms with van der Waals surface area (Å²) in [4.78, 5) is 4.03. The van der Waals surface area contributed by atoms with Gasteiger partial charge in [-0.25, -0.2) is 9.37 Å². The van der Waals surface area contributed by atoms with Gasteiger partial charge in [-0.05, 0) is 35.9 Å². The molecule has 21 heavy (non-hydrogen) atoms. The number of aromatic nitrogens is 2. The van der Waals surface area contributed by atoms with Crippen molar-refractivity contribution in [2.45, 2.75) is 6.54 Å². The number of nitrogens with one attached hydrogen (secondary N) is 1. The van der Waals surface area contributed by atoms with Crippen LogP contribution >= 0.6 is 11.6 Å². The first-order valence-corrected chi connectivity index (χ1v) is 6.86. The first kappa shape index (κ1) is 13.6.